The van der Waals surface area contributed by atoms with Gasteiger partial charge in [0.25, 0.3) is 0 Å². The molecular formula is C11H14N2O2. The van der Waals surface area contributed by atoms with Gasteiger partial charge in [0.15, 0.2) is 5.78 Å². The molecule has 0 spiro atoms. The summed E-state index contributed by atoms with van der Waals surface area (Å²) in [5.41, 5.74) is 5.70. The van der Waals surface area contributed by atoms with E-state index in [1.807, 2.05) is 0 Å². The number of aliphatic hydroxyl groups excluding tert-OH is 1. The van der Waals surface area contributed by atoms with Crippen LogP contribution in [-0.4, -0.2) is 22.0 Å². The fraction of sp³-hybridized carbons (Fsp3) is 0.455. The second-order valence-corrected chi connectivity index (χ2v) is 3.99. The van der Waals surface area contributed by atoms with Gasteiger partial charge in [-0.05, 0) is 30.9 Å². The van der Waals surface area contributed by atoms with E-state index >= 15 is 0 Å². The number of carbonyl (C=O) groups excluding carboxylic acids is 1. The number of hydrogen-bond donors (Lipinski definition) is 2. The normalized spacial score (nSPS) is 31.6. The summed E-state index contributed by atoms with van der Waals surface area (Å²) in [6.07, 6.45) is 4.15. The van der Waals surface area contributed by atoms with Gasteiger partial charge >= 0.3 is 0 Å². The van der Waals surface area contributed by atoms with Crippen LogP contribution in [0.15, 0.2) is 24.5 Å². The van der Waals surface area contributed by atoms with Crippen LogP contribution in [0.4, 0.5) is 0 Å². The summed E-state index contributed by atoms with van der Waals surface area (Å²) in [5.74, 6) is -0.290. The molecule has 4 nitrogen and oxygen atoms in total. The first-order valence-corrected chi connectivity index (χ1v) is 5.06. The van der Waals surface area contributed by atoms with Gasteiger partial charge in [-0.1, -0.05) is 6.07 Å². The third-order valence-corrected chi connectivity index (χ3v) is 2.97. The van der Waals surface area contributed by atoms with Crippen LogP contribution in [-0.2, 0) is 10.3 Å². The zero-order valence-electron chi connectivity index (χ0n) is 8.39. The zero-order valence-corrected chi connectivity index (χ0v) is 8.39. The Morgan fingerprint density at radius 2 is 2.40 bits per heavy atom. The number of carbonyl (C=O) groups is 1. The van der Waals surface area contributed by atoms with Crippen molar-refractivity contribution in [3.05, 3.63) is 30.1 Å². The molecule has 1 aliphatic carbocycles. The average molecular weight is 206 g/mol. The van der Waals surface area contributed by atoms with Crippen LogP contribution in [0.2, 0.25) is 0 Å². The van der Waals surface area contributed by atoms with Gasteiger partial charge in [-0.3, -0.25) is 9.78 Å². The highest BCUT2D eigenvalue weighted by Gasteiger charge is 2.42. The lowest BCUT2D eigenvalue weighted by Crippen LogP contribution is -2.52. The minimum absolute atomic E-state index is 0.290. The average Bonchev–Trinajstić information content (AvgIpc) is 2.27. The van der Waals surface area contributed by atoms with E-state index in [1.165, 1.54) is 0 Å². The molecule has 0 bridgehead atoms. The number of nitrogens with zero attached hydrogens (tertiary/aromatic N) is 1. The van der Waals surface area contributed by atoms with E-state index < -0.39 is 11.6 Å². The van der Waals surface area contributed by atoms with Crippen LogP contribution in [0.3, 0.4) is 0 Å². The molecule has 0 amide bonds. The highest BCUT2D eigenvalue weighted by Crippen LogP contribution is 2.31. The highest BCUT2D eigenvalue weighted by molar-refractivity contribution is 5.93. The number of aliphatic hydroxyl groups is 1. The number of ketones is 1. The second-order valence-electron chi connectivity index (χ2n) is 3.99. The molecule has 0 aliphatic heterocycles. The van der Waals surface area contributed by atoms with Gasteiger partial charge in [0.2, 0.25) is 0 Å². The molecular weight excluding hydrogens is 192 g/mol. The lowest BCUT2D eigenvalue weighted by Gasteiger charge is -2.34. The smallest absolute Gasteiger partial charge is 0.185 e. The third kappa shape index (κ3) is 1.66. The van der Waals surface area contributed by atoms with Crippen molar-refractivity contribution >= 4 is 5.78 Å². The molecule has 0 radical (unpaired) electrons. The van der Waals surface area contributed by atoms with Crippen molar-refractivity contribution in [3.63, 3.8) is 0 Å². The Labute approximate surface area is 88.1 Å². The first-order chi connectivity index (χ1) is 7.14. The van der Waals surface area contributed by atoms with Crippen LogP contribution in [0.5, 0.6) is 0 Å². The SMILES string of the molecule is NC1(c2cccnc2)CCCC(O)C1=O. The van der Waals surface area contributed by atoms with Crippen LogP contribution >= 0.6 is 0 Å². The molecule has 4 heteroatoms. The van der Waals surface area contributed by atoms with Crippen molar-refractivity contribution in [2.45, 2.75) is 30.9 Å². The number of hydrogen-bond acceptors (Lipinski definition) is 4. The summed E-state index contributed by atoms with van der Waals surface area (Å²) >= 11 is 0. The van der Waals surface area contributed by atoms with Crippen molar-refractivity contribution in [1.29, 1.82) is 0 Å². The van der Waals surface area contributed by atoms with Crippen molar-refractivity contribution < 1.29 is 9.90 Å². The molecule has 80 valence electrons. The van der Waals surface area contributed by atoms with E-state index in [9.17, 15) is 9.90 Å². The molecule has 0 saturated heterocycles. The van der Waals surface area contributed by atoms with Gasteiger partial charge in [-0.2, -0.15) is 0 Å². The van der Waals surface area contributed by atoms with Crippen molar-refractivity contribution in [2.75, 3.05) is 0 Å². The van der Waals surface area contributed by atoms with Crippen LogP contribution < -0.4 is 5.73 Å². The van der Waals surface area contributed by atoms with Gasteiger partial charge in [0.05, 0.1) is 0 Å². The highest BCUT2D eigenvalue weighted by atomic mass is 16.3. The van der Waals surface area contributed by atoms with Crippen molar-refractivity contribution in [2.24, 2.45) is 5.73 Å². The molecule has 2 atom stereocenters. The molecule has 2 rings (SSSR count). The number of pyridine rings is 1. The maximum atomic E-state index is 11.8. The quantitative estimate of drug-likeness (QED) is 0.695. The Bertz CT molecular complexity index is 366. The summed E-state index contributed by atoms with van der Waals surface area (Å²) < 4.78 is 0. The van der Waals surface area contributed by atoms with Crippen molar-refractivity contribution in [3.8, 4) is 0 Å². The Hall–Kier alpha value is -1.26. The van der Waals surface area contributed by atoms with Gasteiger partial charge in [-0.25, -0.2) is 0 Å². The van der Waals surface area contributed by atoms with E-state index in [0.717, 1.165) is 6.42 Å². The van der Waals surface area contributed by atoms with E-state index in [2.05, 4.69) is 4.98 Å². The van der Waals surface area contributed by atoms with E-state index in [0.29, 0.717) is 18.4 Å². The number of rotatable bonds is 1. The summed E-state index contributed by atoms with van der Waals surface area (Å²) in [6, 6.07) is 3.53. The molecule has 1 aromatic heterocycles. The molecule has 1 fully saturated rings. The summed E-state index contributed by atoms with van der Waals surface area (Å²) in [6.45, 7) is 0. The second kappa shape index (κ2) is 3.72. The van der Waals surface area contributed by atoms with Gasteiger partial charge < -0.3 is 10.8 Å². The summed E-state index contributed by atoms with van der Waals surface area (Å²) in [7, 11) is 0. The molecule has 2 unspecified atom stereocenters. The summed E-state index contributed by atoms with van der Waals surface area (Å²) in [4.78, 5) is 15.8. The summed E-state index contributed by atoms with van der Waals surface area (Å²) in [5, 5.41) is 9.52. The third-order valence-electron chi connectivity index (χ3n) is 2.97. The number of aromatic nitrogens is 1. The Balaban J connectivity index is 2.37. The van der Waals surface area contributed by atoms with Gasteiger partial charge in [0, 0.05) is 12.4 Å². The van der Waals surface area contributed by atoms with E-state index in [4.69, 9.17) is 5.73 Å². The maximum absolute atomic E-state index is 11.8. The Morgan fingerprint density at radius 3 is 3.07 bits per heavy atom. The molecule has 0 aromatic carbocycles. The fourth-order valence-electron chi connectivity index (χ4n) is 2.04. The largest absolute Gasteiger partial charge is 0.385 e. The molecule has 15 heavy (non-hydrogen) atoms. The minimum Gasteiger partial charge on any atom is -0.385 e. The topological polar surface area (TPSA) is 76.2 Å². The maximum Gasteiger partial charge on any atom is 0.185 e. The minimum atomic E-state index is -1.05. The lowest BCUT2D eigenvalue weighted by atomic mass is 9.75. The Kier molecular flexibility index (Phi) is 2.54. The van der Waals surface area contributed by atoms with E-state index in [1.54, 1.807) is 24.5 Å². The standard InChI is InChI=1S/C11H14N2O2/c12-11(8-3-2-6-13-7-8)5-1-4-9(14)10(11)15/h2-3,6-7,9,14H,1,4-5,12H2. The Morgan fingerprint density at radius 1 is 1.60 bits per heavy atom. The van der Waals surface area contributed by atoms with Crippen molar-refractivity contribution in [1.82, 2.24) is 4.98 Å². The fourth-order valence-corrected chi connectivity index (χ4v) is 2.04. The zero-order chi connectivity index (χ0) is 10.9. The molecule has 1 aliphatic rings. The first-order valence-electron chi connectivity index (χ1n) is 5.06. The molecule has 1 saturated carbocycles. The van der Waals surface area contributed by atoms with Crippen LogP contribution in [0, 0.1) is 0 Å². The van der Waals surface area contributed by atoms with Gasteiger partial charge in [0.1, 0.15) is 11.6 Å². The predicted octanol–water partition coefficient (Wildman–Crippen LogP) is 0.349. The lowest BCUT2D eigenvalue weighted by molar-refractivity contribution is -0.136. The number of Topliss-reactive ketones (excluding diaryl/α,β-unsaturated/α-hetero) is 1. The first kappa shape index (κ1) is 10.3. The predicted molar refractivity (Wildman–Crippen MR) is 55.0 cm³/mol. The number of nitrogens with two attached hydrogens (primary N) is 1. The van der Waals surface area contributed by atoms with Crippen LogP contribution in [0.1, 0.15) is 24.8 Å². The monoisotopic (exact) mass is 206 g/mol. The van der Waals surface area contributed by atoms with Gasteiger partial charge in [-0.15, -0.1) is 0 Å². The van der Waals surface area contributed by atoms with Crippen LogP contribution in [0.25, 0.3) is 0 Å². The molecule has 3 N–H and O–H groups in total. The van der Waals surface area contributed by atoms with E-state index in [-0.39, 0.29) is 5.78 Å². The molecule has 1 heterocycles. The molecule has 1 aromatic rings.